The number of nitrogens with zero attached hydrogens (tertiary/aromatic N) is 2. The first-order valence-corrected chi connectivity index (χ1v) is 8.49. The zero-order valence-corrected chi connectivity index (χ0v) is 14.5. The summed E-state index contributed by atoms with van der Waals surface area (Å²) >= 11 is 0. The van der Waals surface area contributed by atoms with Gasteiger partial charge in [-0.25, -0.2) is 0 Å². The highest BCUT2D eigenvalue weighted by Gasteiger charge is 2.38. The third-order valence-corrected chi connectivity index (χ3v) is 4.48. The number of rotatable bonds is 5. The molecule has 0 aromatic heterocycles. The van der Waals surface area contributed by atoms with Gasteiger partial charge in [-0.05, 0) is 49.7 Å². The molecule has 0 radical (unpaired) electrons. The third-order valence-electron chi connectivity index (χ3n) is 4.48. The van der Waals surface area contributed by atoms with Crippen LogP contribution in [0.4, 0.5) is 5.69 Å². The molecular weight excluding hydrogens is 316 g/mol. The largest absolute Gasteiger partial charge is 0.457 e. The summed E-state index contributed by atoms with van der Waals surface area (Å²) in [7, 11) is 1.73. The number of ether oxygens (including phenoxy) is 1. The molecule has 130 valence electrons. The quantitative estimate of drug-likeness (QED) is 0.786. The van der Waals surface area contributed by atoms with E-state index in [0.29, 0.717) is 25.3 Å². The summed E-state index contributed by atoms with van der Waals surface area (Å²) in [5, 5.41) is 0. The molecule has 0 spiro atoms. The molecule has 2 amide bonds. The lowest BCUT2D eigenvalue weighted by molar-refractivity contribution is -0.138. The molecule has 0 saturated carbocycles. The fraction of sp³-hybridized carbons (Fsp3) is 0.300. The molecule has 1 aliphatic rings. The summed E-state index contributed by atoms with van der Waals surface area (Å²) in [4.78, 5) is 28.1. The van der Waals surface area contributed by atoms with E-state index in [1.54, 1.807) is 16.8 Å². The summed E-state index contributed by atoms with van der Waals surface area (Å²) in [6.45, 7) is 3.07. The zero-order chi connectivity index (χ0) is 17.8. The van der Waals surface area contributed by atoms with Gasteiger partial charge in [0.2, 0.25) is 11.8 Å². The van der Waals surface area contributed by atoms with Crippen LogP contribution in [0.5, 0.6) is 11.5 Å². The van der Waals surface area contributed by atoms with Crippen molar-refractivity contribution in [3.63, 3.8) is 0 Å². The van der Waals surface area contributed by atoms with Crippen LogP contribution in [0.25, 0.3) is 0 Å². The molecule has 3 rings (SSSR count). The van der Waals surface area contributed by atoms with Crippen LogP contribution in [0.15, 0.2) is 54.6 Å². The van der Waals surface area contributed by atoms with Crippen LogP contribution in [0.1, 0.15) is 13.3 Å². The van der Waals surface area contributed by atoms with Gasteiger partial charge in [0.25, 0.3) is 0 Å². The maximum absolute atomic E-state index is 12.6. The van der Waals surface area contributed by atoms with Crippen molar-refractivity contribution in [1.82, 2.24) is 4.90 Å². The van der Waals surface area contributed by atoms with Crippen molar-refractivity contribution in [3.05, 3.63) is 54.6 Å². The first-order valence-electron chi connectivity index (χ1n) is 8.49. The fourth-order valence-electron chi connectivity index (χ4n) is 2.91. The lowest BCUT2D eigenvalue weighted by Gasteiger charge is -2.20. The van der Waals surface area contributed by atoms with Crippen LogP contribution in [0.3, 0.4) is 0 Å². The second kappa shape index (κ2) is 7.38. The Morgan fingerprint density at radius 3 is 2.40 bits per heavy atom. The van der Waals surface area contributed by atoms with Gasteiger partial charge in [0.15, 0.2) is 0 Å². The Balaban J connectivity index is 1.68. The molecule has 1 unspecified atom stereocenters. The van der Waals surface area contributed by atoms with Gasteiger partial charge in [0, 0.05) is 25.8 Å². The van der Waals surface area contributed by atoms with Crippen molar-refractivity contribution in [2.24, 2.45) is 5.92 Å². The van der Waals surface area contributed by atoms with E-state index in [-0.39, 0.29) is 11.8 Å². The molecule has 5 nitrogen and oxygen atoms in total. The van der Waals surface area contributed by atoms with Crippen molar-refractivity contribution in [2.75, 3.05) is 25.0 Å². The number of amides is 2. The standard InChI is InChI=1S/C20H22N2O3/c1-3-21(2)19(23)18-13-14-22(20(18)24)15-9-11-17(12-10-15)25-16-7-5-4-6-8-16/h4-12,18H,3,13-14H2,1-2H3. The van der Waals surface area contributed by atoms with Gasteiger partial charge >= 0.3 is 0 Å². The Kier molecular flexibility index (Phi) is 5.03. The normalized spacial score (nSPS) is 16.8. The number of para-hydroxylation sites is 1. The number of hydrogen-bond acceptors (Lipinski definition) is 3. The molecule has 2 aromatic rings. The van der Waals surface area contributed by atoms with Gasteiger partial charge in [0.05, 0.1) is 0 Å². The van der Waals surface area contributed by atoms with Gasteiger partial charge in [-0.3, -0.25) is 9.59 Å². The average molecular weight is 338 g/mol. The Morgan fingerprint density at radius 1 is 1.12 bits per heavy atom. The van der Waals surface area contributed by atoms with E-state index in [1.165, 1.54) is 0 Å². The molecule has 1 atom stereocenters. The highest BCUT2D eigenvalue weighted by molar-refractivity contribution is 6.09. The SMILES string of the molecule is CCN(C)C(=O)C1CCN(c2ccc(Oc3ccccc3)cc2)C1=O. The number of carbonyl (C=O) groups excluding carboxylic acids is 2. The van der Waals surface area contributed by atoms with Gasteiger partial charge < -0.3 is 14.5 Å². The van der Waals surface area contributed by atoms with Crippen LogP contribution < -0.4 is 9.64 Å². The molecule has 2 aromatic carbocycles. The zero-order valence-electron chi connectivity index (χ0n) is 14.5. The van der Waals surface area contributed by atoms with E-state index < -0.39 is 5.92 Å². The average Bonchev–Trinajstić information content (AvgIpc) is 3.03. The Labute approximate surface area is 147 Å². The van der Waals surface area contributed by atoms with Crippen molar-refractivity contribution in [2.45, 2.75) is 13.3 Å². The van der Waals surface area contributed by atoms with E-state index in [0.717, 1.165) is 11.4 Å². The molecule has 25 heavy (non-hydrogen) atoms. The minimum absolute atomic E-state index is 0.0981. The van der Waals surface area contributed by atoms with Gasteiger partial charge in [-0.15, -0.1) is 0 Å². The predicted molar refractivity (Wildman–Crippen MR) is 96.7 cm³/mol. The summed E-state index contributed by atoms with van der Waals surface area (Å²) in [6.07, 6.45) is 0.560. The van der Waals surface area contributed by atoms with E-state index in [9.17, 15) is 9.59 Å². The molecule has 0 aliphatic carbocycles. The highest BCUT2D eigenvalue weighted by atomic mass is 16.5. The predicted octanol–water partition coefficient (Wildman–Crippen LogP) is 3.31. The topological polar surface area (TPSA) is 49.9 Å². The summed E-state index contributed by atoms with van der Waals surface area (Å²) in [5.74, 6) is 0.687. The third kappa shape index (κ3) is 3.65. The molecule has 0 N–H and O–H groups in total. The second-order valence-electron chi connectivity index (χ2n) is 6.09. The lowest BCUT2D eigenvalue weighted by atomic mass is 10.1. The highest BCUT2D eigenvalue weighted by Crippen LogP contribution is 2.29. The summed E-state index contributed by atoms with van der Waals surface area (Å²) < 4.78 is 5.76. The minimum atomic E-state index is -0.565. The van der Waals surface area contributed by atoms with Crippen molar-refractivity contribution >= 4 is 17.5 Å². The van der Waals surface area contributed by atoms with Crippen LogP contribution in [-0.2, 0) is 9.59 Å². The summed E-state index contributed by atoms with van der Waals surface area (Å²) in [6, 6.07) is 16.9. The molecule has 1 aliphatic heterocycles. The second-order valence-corrected chi connectivity index (χ2v) is 6.09. The van der Waals surface area contributed by atoms with Crippen molar-refractivity contribution in [3.8, 4) is 11.5 Å². The molecule has 1 saturated heterocycles. The Bertz CT molecular complexity index is 743. The van der Waals surface area contributed by atoms with Gasteiger partial charge in [-0.1, -0.05) is 18.2 Å². The van der Waals surface area contributed by atoms with Crippen molar-refractivity contribution in [1.29, 1.82) is 0 Å². The van der Waals surface area contributed by atoms with E-state index >= 15 is 0 Å². The Hall–Kier alpha value is -2.82. The van der Waals surface area contributed by atoms with E-state index in [1.807, 2.05) is 61.5 Å². The first-order chi connectivity index (χ1) is 12.1. The van der Waals surface area contributed by atoms with Gasteiger partial charge in [-0.2, -0.15) is 0 Å². The van der Waals surface area contributed by atoms with Gasteiger partial charge in [0.1, 0.15) is 17.4 Å². The van der Waals surface area contributed by atoms with Crippen LogP contribution in [-0.4, -0.2) is 36.9 Å². The number of anilines is 1. The number of carbonyl (C=O) groups is 2. The first kappa shape index (κ1) is 17.0. The maximum Gasteiger partial charge on any atom is 0.239 e. The van der Waals surface area contributed by atoms with Crippen LogP contribution in [0, 0.1) is 5.92 Å². The van der Waals surface area contributed by atoms with E-state index in [2.05, 4.69) is 0 Å². The fourth-order valence-corrected chi connectivity index (χ4v) is 2.91. The molecule has 1 heterocycles. The molecule has 0 bridgehead atoms. The van der Waals surface area contributed by atoms with E-state index in [4.69, 9.17) is 4.74 Å². The molecular formula is C20H22N2O3. The van der Waals surface area contributed by atoms with Crippen LogP contribution >= 0.6 is 0 Å². The Morgan fingerprint density at radius 2 is 1.76 bits per heavy atom. The summed E-state index contributed by atoms with van der Waals surface area (Å²) in [5.41, 5.74) is 0.792. The lowest BCUT2D eigenvalue weighted by Crippen LogP contribution is -2.37. The monoisotopic (exact) mass is 338 g/mol. The smallest absolute Gasteiger partial charge is 0.239 e. The number of hydrogen-bond donors (Lipinski definition) is 0. The molecule has 1 fully saturated rings. The number of benzene rings is 2. The minimum Gasteiger partial charge on any atom is -0.457 e. The maximum atomic E-state index is 12.6. The van der Waals surface area contributed by atoms with Crippen LogP contribution in [0.2, 0.25) is 0 Å². The van der Waals surface area contributed by atoms with Crippen molar-refractivity contribution < 1.29 is 14.3 Å². The molecule has 5 heteroatoms.